The summed E-state index contributed by atoms with van der Waals surface area (Å²) in [6, 6.07) is 10.2. The normalized spacial score (nSPS) is 14.2. The third-order valence-corrected chi connectivity index (χ3v) is 5.75. The molecule has 10 heteroatoms. The Bertz CT molecular complexity index is 1090. The molecule has 0 unspecified atom stereocenters. The van der Waals surface area contributed by atoms with Gasteiger partial charge in [0.05, 0.1) is 26.9 Å². The van der Waals surface area contributed by atoms with Gasteiger partial charge in [-0.3, -0.25) is 0 Å². The fourth-order valence-electron chi connectivity index (χ4n) is 3.90. The molecule has 1 aliphatic heterocycles. The van der Waals surface area contributed by atoms with Crippen molar-refractivity contribution in [3.8, 4) is 28.4 Å². The van der Waals surface area contributed by atoms with Gasteiger partial charge < -0.3 is 24.0 Å². The van der Waals surface area contributed by atoms with Crippen LogP contribution in [0, 0.1) is 0 Å². The smallest absolute Gasteiger partial charge is 0.417 e. The van der Waals surface area contributed by atoms with Gasteiger partial charge in [-0.05, 0) is 42.0 Å². The number of ether oxygens (including phenoxy) is 3. The first-order valence-corrected chi connectivity index (χ1v) is 10.6. The molecule has 34 heavy (non-hydrogen) atoms. The van der Waals surface area contributed by atoms with E-state index in [2.05, 4.69) is 14.9 Å². The number of benzene rings is 1. The molecule has 1 aliphatic rings. The van der Waals surface area contributed by atoms with Gasteiger partial charge in [0.1, 0.15) is 11.6 Å². The van der Waals surface area contributed by atoms with Gasteiger partial charge in [-0.2, -0.15) is 13.2 Å². The lowest BCUT2D eigenvalue weighted by atomic mass is 10.1. The Balaban J connectivity index is 1.44. The summed E-state index contributed by atoms with van der Waals surface area (Å²) in [6.07, 6.45) is -1.71. The summed E-state index contributed by atoms with van der Waals surface area (Å²) in [7, 11) is 4.70. The van der Waals surface area contributed by atoms with Crippen LogP contribution in [0.4, 0.5) is 24.8 Å². The van der Waals surface area contributed by atoms with Gasteiger partial charge in [-0.25, -0.2) is 9.97 Å². The summed E-state index contributed by atoms with van der Waals surface area (Å²) in [5.41, 5.74) is 1.04. The van der Waals surface area contributed by atoms with Crippen molar-refractivity contribution >= 4 is 11.6 Å². The molecule has 3 aromatic rings. The number of rotatable bonds is 6. The van der Waals surface area contributed by atoms with Crippen molar-refractivity contribution in [2.45, 2.75) is 6.18 Å². The molecule has 180 valence electrons. The second-order valence-electron chi connectivity index (χ2n) is 7.70. The van der Waals surface area contributed by atoms with Crippen LogP contribution in [-0.4, -0.2) is 57.5 Å². The molecule has 0 saturated carbocycles. The maximum Gasteiger partial charge on any atom is 0.417 e. The molecule has 2 aromatic heterocycles. The van der Waals surface area contributed by atoms with Crippen LogP contribution in [0.25, 0.3) is 11.1 Å². The second kappa shape index (κ2) is 9.66. The van der Waals surface area contributed by atoms with E-state index in [1.165, 1.54) is 6.07 Å². The minimum absolute atomic E-state index is 0.527. The zero-order valence-electron chi connectivity index (χ0n) is 19.1. The summed E-state index contributed by atoms with van der Waals surface area (Å²) in [5.74, 6) is 3.02. The van der Waals surface area contributed by atoms with Gasteiger partial charge in [-0.15, -0.1) is 0 Å². The van der Waals surface area contributed by atoms with Crippen molar-refractivity contribution in [2.24, 2.45) is 0 Å². The number of hydrogen-bond acceptors (Lipinski definition) is 7. The predicted molar refractivity (Wildman–Crippen MR) is 123 cm³/mol. The molecule has 0 bridgehead atoms. The molecule has 3 heterocycles. The Kier molecular flexibility index (Phi) is 6.67. The third-order valence-electron chi connectivity index (χ3n) is 5.75. The van der Waals surface area contributed by atoms with Crippen molar-refractivity contribution < 1.29 is 27.4 Å². The van der Waals surface area contributed by atoms with Gasteiger partial charge in [0.2, 0.25) is 5.75 Å². The quantitative estimate of drug-likeness (QED) is 0.521. The van der Waals surface area contributed by atoms with E-state index in [4.69, 9.17) is 14.2 Å². The van der Waals surface area contributed by atoms with Crippen LogP contribution in [0.3, 0.4) is 0 Å². The summed E-state index contributed by atoms with van der Waals surface area (Å²) in [5, 5.41) is 0. The molecule has 0 atom stereocenters. The van der Waals surface area contributed by atoms with E-state index in [0.29, 0.717) is 49.2 Å². The third kappa shape index (κ3) is 4.80. The lowest BCUT2D eigenvalue weighted by Crippen LogP contribution is -2.47. The Labute approximate surface area is 195 Å². The molecule has 7 nitrogen and oxygen atoms in total. The monoisotopic (exact) mass is 474 g/mol. The average molecular weight is 474 g/mol. The second-order valence-corrected chi connectivity index (χ2v) is 7.70. The van der Waals surface area contributed by atoms with Crippen molar-refractivity contribution in [3.63, 3.8) is 0 Å². The minimum Gasteiger partial charge on any atom is -0.493 e. The van der Waals surface area contributed by atoms with Gasteiger partial charge in [0.25, 0.3) is 0 Å². The average Bonchev–Trinajstić information content (AvgIpc) is 2.87. The van der Waals surface area contributed by atoms with E-state index >= 15 is 0 Å². The number of nitrogens with zero attached hydrogens (tertiary/aromatic N) is 4. The maximum absolute atomic E-state index is 12.8. The molecule has 0 radical (unpaired) electrons. The predicted octanol–water partition coefficient (Wildman–Crippen LogP) is 4.51. The fourth-order valence-corrected chi connectivity index (χ4v) is 3.90. The fraction of sp³-hybridized carbons (Fsp3) is 0.333. The van der Waals surface area contributed by atoms with Crippen LogP contribution >= 0.6 is 0 Å². The standard InChI is InChI=1S/C24H25F3N4O3/c1-32-19-12-17(13-20(33-2)23(19)34-3)16-4-6-21(28-14-16)30-8-10-31(11-9-30)22-7-5-18(15-29-22)24(25,26)27/h4-7,12-15H,8-11H2,1-3H3. The number of alkyl halides is 3. The van der Waals surface area contributed by atoms with Crippen molar-refractivity contribution in [2.75, 3.05) is 57.3 Å². The number of pyridine rings is 2. The molecule has 0 N–H and O–H groups in total. The van der Waals surface area contributed by atoms with Crippen LogP contribution in [0.1, 0.15) is 5.56 Å². The maximum atomic E-state index is 12.8. The molecule has 1 saturated heterocycles. The molecular formula is C24H25F3N4O3. The molecule has 1 fully saturated rings. The molecular weight excluding hydrogens is 449 g/mol. The lowest BCUT2D eigenvalue weighted by Gasteiger charge is -2.36. The summed E-state index contributed by atoms with van der Waals surface area (Å²) >= 11 is 0. The lowest BCUT2D eigenvalue weighted by molar-refractivity contribution is -0.137. The minimum atomic E-state index is -4.38. The van der Waals surface area contributed by atoms with E-state index in [1.807, 2.05) is 29.2 Å². The SMILES string of the molecule is COc1cc(-c2ccc(N3CCN(c4ccc(C(F)(F)F)cn4)CC3)nc2)cc(OC)c1OC. The number of hydrogen-bond donors (Lipinski definition) is 0. The Morgan fingerprint density at radius 1 is 0.706 bits per heavy atom. The van der Waals surface area contributed by atoms with Gasteiger partial charge >= 0.3 is 6.18 Å². The Morgan fingerprint density at radius 3 is 1.62 bits per heavy atom. The topological polar surface area (TPSA) is 60.0 Å². The van der Waals surface area contributed by atoms with Crippen LogP contribution in [-0.2, 0) is 6.18 Å². The van der Waals surface area contributed by atoms with Gasteiger partial charge in [0, 0.05) is 44.1 Å². The number of halogens is 3. The first kappa shape index (κ1) is 23.5. The highest BCUT2D eigenvalue weighted by atomic mass is 19.4. The molecule has 0 spiro atoms. The molecule has 0 aliphatic carbocycles. The van der Waals surface area contributed by atoms with Crippen molar-refractivity contribution in [3.05, 3.63) is 54.4 Å². The summed E-state index contributed by atoms with van der Waals surface area (Å²) in [4.78, 5) is 12.7. The van der Waals surface area contributed by atoms with E-state index in [-0.39, 0.29) is 0 Å². The first-order valence-electron chi connectivity index (χ1n) is 10.6. The highest BCUT2D eigenvalue weighted by molar-refractivity contribution is 5.71. The zero-order chi connectivity index (χ0) is 24.3. The van der Waals surface area contributed by atoms with E-state index < -0.39 is 11.7 Å². The Morgan fingerprint density at radius 2 is 1.24 bits per heavy atom. The van der Waals surface area contributed by atoms with Gasteiger partial charge in [0.15, 0.2) is 11.5 Å². The Hall–Kier alpha value is -3.69. The molecule has 4 rings (SSSR count). The largest absolute Gasteiger partial charge is 0.493 e. The first-order chi connectivity index (χ1) is 16.3. The highest BCUT2D eigenvalue weighted by Gasteiger charge is 2.31. The van der Waals surface area contributed by atoms with Crippen molar-refractivity contribution in [1.29, 1.82) is 0 Å². The summed E-state index contributed by atoms with van der Waals surface area (Å²) < 4.78 is 54.5. The van der Waals surface area contributed by atoms with Crippen LogP contribution in [0.15, 0.2) is 48.8 Å². The highest BCUT2D eigenvalue weighted by Crippen LogP contribution is 2.41. The van der Waals surface area contributed by atoms with E-state index in [9.17, 15) is 13.2 Å². The molecule has 1 aromatic carbocycles. The van der Waals surface area contributed by atoms with E-state index in [0.717, 1.165) is 29.2 Å². The molecule has 0 amide bonds. The number of methoxy groups -OCH3 is 3. The number of piperazine rings is 1. The van der Waals surface area contributed by atoms with Crippen LogP contribution in [0.5, 0.6) is 17.2 Å². The zero-order valence-corrected chi connectivity index (χ0v) is 19.1. The van der Waals surface area contributed by atoms with E-state index in [1.54, 1.807) is 27.5 Å². The van der Waals surface area contributed by atoms with Crippen molar-refractivity contribution in [1.82, 2.24) is 9.97 Å². The number of aromatic nitrogens is 2. The number of anilines is 2. The summed E-state index contributed by atoms with van der Waals surface area (Å²) in [6.45, 7) is 2.63. The van der Waals surface area contributed by atoms with Gasteiger partial charge in [-0.1, -0.05) is 0 Å². The van der Waals surface area contributed by atoms with Crippen LogP contribution in [0.2, 0.25) is 0 Å². The van der Waals surface area contributed by atoms with Crippen LogP contribution < -0.4 is 24.0 Å².